The Morgan fingerprint density at radius 2 is 2.05 bits per heavy atom. The van der Waals surface area contributed by atoms with Crippen LogP contribution in [0.1, 0.15) is 15.9 Å². The van der Waals surface area contributed by atoms with Crippen molar-refractivity contribution >= 4 is 5.97 Å². The van der Waals surface area contributed by atoms with Crippen LogP contribution in [0.4, 0.5) is 4.39 Å². The van der Waals surface area contributed by atoms with Crippen LogP contribution in [-0.2, 0) is 0 Å². The molecule has 0 aliphatic heterocycles. The van der Waals surface area contributed by atoms with Gasteiger partial charge in [0.1, 0.15) is 34.7 Å². The third kappa shape index (κ3) is 2.92. The molecular formula is C15H10FNO4. The minimum Gasteiger partial charge on any atom is -0.497 e. The van der Waals surface area contributed by atoms with Gasteiger partial charge in [-0.2, -0.15) is 5.26 Å². The van der Waals surface area contributed by atoms with Crippen LogP contribution in [0.5, 0.6) is 17.2 Å². The van der Waals surface area contributed by atoms with Crippen LogP contribution in [0.25, 0.3) is 0 Å². The number of hydrogen-bond acceptors (Lipinski definition) is 4. The molecule has 0 saturated carbocycles. The standard InChI is InChI=1S/C15H10FNO4/c1-20-10-6-5-9(8-17)13(7-10)21-12-4-2-3-11(16)14(12)15(18)19/h2-7H,1H3,(H,18,19). The molecule has 1 N–H and O–H groups in total. The molecule has 0 aromatic heterocycles. The van der Waals surface area contributed by atoms with E-state index in [0.29, 0.717) is 5.75 Å². The Kier molecular flexibility index (Phi) is 4.05. The van der Waals surface area contributed by atoms with E-state index in [1.165, 1.54) is 31.4 Å². The molecule has 0 radical (unpaired) electrons. The highest BCUT2D eigenvalue weighted by molar-refractivity contribution is 5.91. The molecule has 0 amide bonds. The lowest BCUT2D eigenvalue weighted by atomic mass is 10.1. The normalized spacial score (nSPS) is 9.76. The molecule has 0 fully saturated rings. The number of carboxylic acids is 1. The van der Waals surface area contributed by atoms with E-state index in [-0.39, 0.29) is 17.1 Å². The number of methoxy groups -OCH3 is 1. The van der Waals surface area contributed by atoms with Crippen molar-refractivity contribution in [2.45, 2.75) is 0 Å². The average molecular weight is 287 g/mol. The van der Waals surface area contributed by atoms with Gasteiger partial charge < -0.3 is 14.6 Å². The molecule has 6 heteroatoms. The molecule has 0 spiro atoms. The van der Waals surface area contributed by atoms with Crippen molar-refractivity contribution in [3.05, 3.63) is 53.3 Å². The van der Waals surface area contributed by atoms with Crippen molar-refractivity contribution < 1.29 is 23.8 Å². The van der Waals surface area contributed by atoms with E-state index in [4.69, 9.17) is 19.8 Å². The first-order valence-corrected chi connectivity index (χ1v) is 5.84. The summed E-state index contributed by atoms with van der Waals surface area (Å²) in [7, 11) is 1.44. The quantitative estimate of drug-likeness (QED) is 0.934. The minimum atomic E-state index is -1.45. The predicted molar refractivity (Wildman–Crippen MR) is 71.1 cm³/mol. The highest BCUT2D eigenvalue weighted by Gasteiger charge is 2.18. The molecule has 0 aliphatic rings. The van der Waals surface area contributed by atoms with Crippen LogP contribution in [0.15, 0.2) is 36.4 Å². The highest BCUT2D eigenvalue weighted by atomic mass is 19.1. The maximum absolute atomic E-state index is 13.6. The second-order valence-corrected chi connectivity index (χ2v) is 3.99. The maximum Gasteiger partial charge on any atom is 0.342 e. The van der Waals surface area contributed by atoms with Gasteiger partial charge in [-0.3, -0.25) is 0 Å². The van der Waals surface area contributed by atoms with Gasteiger partial charge in [0.05, 0.1) is 12.7 Å². The fourth-order valence-corrected chi connectivity index (χ4v) is 1.72. The summed E-state index contributed by atoms with van der Waals surface area (Å²) < 4.78 is 24.0. The fourth-order valence-electron chi connectivity index (χ4n) is 1.72. The smallest absolute Gasteiger partial charge is 0.342 e. The van der Waals surface area contributed by atoms with Crippen molar-refractivity contribution in [2.75, 3.05) is 7.11 Å². The molecule has 0 saturated heterocycles. The topological polar surface area (TPSA) is 79.5 Å². The lowest BCUT2D eigenvalue weighted by molar-refractivity contribution is 0.0689. The van der Waals surface area contributed by atoms with E-state index in [1.807, 2.05) is 6.07 Å². The van der Waals surface area contributed by atoms with Crippen LogP contribution in [0.3, 0.4) is 0 Å². The summed E-state index contributed by atoms with van der Waals surface area (Å²) in [5.74, 6) is -2.04. The Bertz CT molecular complexity index is 737. The lowest BCUT2D eigenvalue weighted by Crippen LogP contribution is -2.04. The lowest BCUT2D eigenvalue weighted by Gasteiger charge is -2.11. The average Bonchev–Trinajstić information content (AvgIpc) is 2.46. The number of ether oxygens (including phenoxy) is 2. The number of nitrogens with zero attached hydrogens (tertiary/aromatic N) is 1. The molecule has 2 aromatic rings. The largest absolute Gasteiger partial charge is 0.497 e. The first-order valence-electron chi connectivity index (χ1n) is 5.84. The number of carbonyl (C=O) groups is 1. The molecule has 2 aromatic carbocycles. The number of nitriles is 1. The Morgan fingerprint density at radius 1 is 1.29 bits per heavy atom. The van der Waals surface area contributed by atoms with Gasteiger partial charge in [-0.1, -0.05) is 6.07 Å². The SMILES string of the molecule is COc1ccc(C#N)c(Oc2cccc(F)c2C(=O)O)c1. The summed E-state index contributed by atoms with van der Waals surface area (Å²) in [5, 5.41) is 18.1. The molecule has 0 aliphatic carbocycles. The molecule has 106 valence electrons. The Hall–Kier alpha value is -3.07. The number of benzene rings is 2. The van der Waals surface area contributed by atoms with Crippen LogP contribution < -0.4 is 9.47 Å². The van der Waals surface area contributed by atoms with Gasteiger partial charge in [0.15, 0.2) is 0 Å². The van der Waals surface area contributed by atoms with Gasteiger partial charge >= 0.3 is 5.97 Å². The van der Waals surface area contributed by atoms with Crippen LogP contribution in [0.2, 0.25) is 0 Å². The summed E-state index contributed by atoms with van der Waals surface area (Å²) >= 11 is 0. The number of rotatable bonds is 4. The monoisotopic (exact) mass is 287 g/mol. The van der Waals surface area contributed by atoms with Crippen molar-refractivity contribution in [3.63, 3.8) is 0 Å². The molecular weight excluding hydrogens is 277 g/mol. The molecule has 0 bridgehead atoms. The van der Waals surface area contributed by atoms with Crippen molar-refractivity contribution in [1.82, 2.24) is 0 Å². The Morgan fingerprint density at radius 3 is 2.67 bits per heavy atom. The third-order valence-electron chi connectivity index (χ3n) is 2.72. The molecule has 2 rings (SSSR count). The van der Waals surface area contributed by atoms with E-state index in [0.717, 1.165) is 6.07 Å². The third-order valence-corrected chi connectivity index (χ3v) is 2.72. The fraction of sp³-hybridized carbons (Fsp3) is 0.0667. The van der Waals surface area contributed by atoms with Crippen molar-refractivity contribution in [2.24, 2.45) is 0 Å². The molecule has 21 heavy (non-hydrogen) atoms. The van der Waals surface area contributed by atoms with E-state index in [1.54, 1.807) is 6.07 Å². The Labute approximate surface area is 119 Å². The first kappa shape index (κ1) is 14.3. The highest BCUT2D eigenvalue weighted by Crippen LogP contribution is 2.31. The molecule has 0 unspecified atom stereocenters. The predicted octanol–water partition coefficient (Wildman–Crippen LogP) is 3.20. The Balaban J connectivity index is 2.50. The summed E-state index contributed by atoms with van der Waals surface area (Å²) in [4.78, 5) is 11.1. The van der Waals surface area contributed by atoms with Gasteiger partial charge in [-0.15, -0.1) is 0 Å². The maximum atomic E-state index is 13.6. The van der Waals surface area contributed by atoms with Gasteiger partial charge in [0.25, 0.3) is 0 Å². The summed E-state index contributed by atoms with van der Waals surface area (Å²) in [6, 6.07) is 10.0. The van der Waals surface area contributed by atoms with Gasteiger partial charge in [0, 0.05) is 6.07 Å². The summed E-state index contributed by atoms with van der Waals surface area (Å²) in [5.41, 5.74) is -0.416. The minimum absolute atomic E-state index is 0.0879. The van der Waals surface area contributed by atoms with Gasteiger partial charge in [-0.05, 0) is 24.3 Å². The summed E-state index contributed by atoms with van der Waals surface area (Å²) in [6.07, 6.45) is 0. The van der Waals surface area contributed by atoms with Crippen molar-refractivity contribution in [1.29, 1.82) is 5.26 Å². The second kappa shape index (κ2) is 5.92. The number of aromatic carboxylic acids is 1. The zero-order chi connectivity index (χ0) is 15.4. The van der Waals surface area contributed by atoms with Crippen LogP contribution in [-0.4, -0.2) is 18.2 Å². The first-order chi connectivity index (χ1) is 10.1. The zero-order valence-corrected chi connectivity index (χ0v) is 11.0. The van der Waals surface area contributed by atoms with Crippen molar-refractivity contribution in [3.8, 4) is 23.3 Å². The van der Waals surface area contributed by atoms with E-state index < -0.39 is 17.3 Å². The number of halogens is 1. The number of hydrogen-bond donors (Lipinski definition) is 1. The molecule has 0 heterocycles. The van der Waals surface area contributed by atoms with E-state index >= 15 is 0 Å². The summed E-state index contributed by atoms with van der Waals surface area (Å²) in [6.45, 7) is 0. The molecule has 0 atom stereocenters. The van der Waals surface area contributed by atoms with Gasteiger partial charge in [0.2, 0.25) is 0 Å². The van der Waals surface area contributed by atoms with Crippen LogP contribution >= 0.6 is 0 Å². The van der Waals surface area contributed by atoms with E-state index in [9.17, 15) is 9.18 Å². The van der Waals surface area contributed by atoms with Crippen LogP contribution in [0, 0.1) is 17.1 Å². The number of carboxylic acid groups (broad SMARTS) is 1. The second-order valence-electron chi connectivity index (χ2n) is 3.99. The zero-order valence-electron chi connectivity index (χ0n) is 11.0. The van der Waals surface area contributed by atoms with E-state index in [2.05, 4.69) is 0 Å². The molecule has 5 nitrogen and oxygen atoms in total. The van der Waals surface area contributed by atoms with Gasteiger partial charge in [-0.25, -0.2) is 9.18 Å².